The fourth-order valence-corrected chi connectivity index (χ4v) is 4.92. The molecule has 0 unspecified atom stereocenters. The average molecular weight is 586 g/mol. The Labute approximate surface area is 224 Å². The smallest absolute Gasteiger partial charge is 0.475 e. The highest BCUT2D eigenvalue weighted by molar-refractivity contribution is 7.11. The van der Waals surface area contributed by atoms with Crippen LogP contribution in [0.5, 0.6) is 0 Å². The third-order valence-corrected chi connectivity index (χ3v) is 6.85. The van der Waals surface area contributed by atoms with E-state index in [1.165, 1.54) is 9.75 Å². The minimum Gasteiger partial charge on any atom is -0.475 e. The van der Waals surface area contributed by atoms with Crippen LogP contribution in [0.1, 0.15) is 28.3 Å². The van der Waals surface area contributed by atoms with E-state index < -0.39 is 24.3 Å². The van der Waals surface area contributed by atoms with Gasteiger partial charge in [-0.05, 0) is 44.0 Å². The summed E-state index contributed by atoms with van der Waals surface area (Å²) < 4.78 is 69.8. The lowest BCUT2D eigenvalue weighted by atomic mass is 9.89. The molecule has 0 saturated carbocycles. The minimum absolute atomic E-state index is 0.0505. The number of morpholine rings is 1. The number of carboxylic acids is 2. The molecule has 218 valence electrons. The number of pyridine rings is 1. The van der Waals surface area contributed by atoms with Gasteiger partial charge in [-0.2, -0.15) is 26.3 Å². The topological polar surface area (TPSA) is 103 Å². The van der Waals surface area contributed by atoms with E-state index in [1.54, 1.807) is 0 Å². The number of hydrogen-bond acceptors (Lipinski definition) is 7. The Bertz CT molecular complexity index is 1030. The molecule has 4 rings (SSSR count). The van der Waals surface area contributed by atoms with Crippen LogP contribution in [0.3, 0.4) is 0 Å². The molecule has 2 fully saturated rings. The quantitative estimate of drug-likeness (QED) is 0.503. The van der Waals surface area contributed by atoms with E-state index in [2.05, 4.69) is 46.0 Å². The summed E-state index contributed by atoms with van der Waals surface area (Å²) in [4.78, 5) is 30.3. The number of carboxylic acid groups (broad SMARTS) is 2. The van der Waals surface area contributed by atoms with E-state index in [4.69, 9.17) is 24.5 Å². The van der Waals surface area contributed by atoms with Crippen LogP contribution in [-0.4, -0.2) is 87.7 Å². The Balaban J connectivity index is 0.000000317. The Hall–Kier alpha value is -2.75. The van der Waals surface area contributed by atoms with Crippen molar-refractivity contribution in [2.75, 3.05) is 32.8 Å². The first-order valence-corrected chi connectivity index (χ1v) is 12.6. The van der Waals surface area contributed by atoms with Crippen LogP contribution in [0, 0.1) is 6.92 Å². The molecule has 2 aromatic rings. The molecule has 0 radical (unpaired) electrons. The van der Waals surface area contributed by atoms with Crippen LogP contribution in [0.15, 0.2) is 36.5 Å². The number of nitrogens with zero attached hydrogens (tertiary/aromatic N) is 3. The molecule has 0 bridgehead atoms. The maximum atomic E-state index is 10.6. The van der Waals surface area contributed by atoms with Gasteiger partial charge in [-0.1, -0.05) is 6.07 Å². The lowest BCUT2D eigenvalue weighted by molar-refractivity contribution is -0.193. The molecule has 0 atom stereocenters. The zero-order valence-electron chi connectivity index (χ0n) is 21.0. The molecule has 0 aromatic carbocycles. The van der Waals surface area contributed by atoms with Crippen LogP contribution in [0.25, 0.3) is 0 Å². The van der Waals surface area contributed by atoms with Crippen LogP contribution in [0.4, 0.5) is 26.3 Å². The first-order chi connectivity index (χ1) is 18.1. The van der Waals surface area contributed by atoms with Crippen molar-refractivity contribution in [2.45, 2.75) is 50.8 Å². The summed E-state index contributed by atoms with van der Waals surface area (Å²) in [6.45, 7) is 9.37. The number of carbonyl (C=O) groups is 2. The highest BCUT2D eigenvalue weighted by atomic mass is 32.1. The number of aliphatic carboxylic acids is 2. The predicted molar refractivity (Wildman–Crippen MR) is 129 cm³/mol. The molecule has 2 aliphatic heterocycles. The van der Waals surface area contributed by atoms with E-state index in [0.29, 0.717) is 0 Å². The van der Waals surface area contributed by atoms with Gasteiger partial charge in [0.15, 0.2) is 0 Å². The van der Waals surface area contributed by atoms with E-state index >= 15 is 0 Å². The van der Waals surface area contributed by atoms with Gasteiger partial charge in [-0.25, -0.2) is 9.59 Å². The summed E-state index contributed by atoms with van der Waals surface area (Å²) in [5.41, 5.74) is 1.21. The monoisotopic (exact) mass is 585 g/mol. The van der Waals surface area contributed by atoms with E-state index in [1.807, 2.05) is 23.6 Å². The van der Waals surface area contributed by atoms with Gasteiger partial charge in [0.25, 0.3) is 0 Å². The fraction of sp³-hybridized carbons (Fsp3) is 0.542. The second kappa shape index (κ2) is 14.1. The molecular formula is C24H29F6N3O5S. The van der Waals surface area contributed by atoms with Crippen LogP contribution in [-0.2, 0) is 27.4 Å². The van der Waals surface area contributed by atoms with Crippen molar-refractivity contribution in [1.29, 1.82) is 0 Å². The third-order valence-electron chi connectivity index (χ3n) is 5.87. The zero-order valence-corrected chi connectivity index (χ0v) is 21.8. The second-order valence-corrected chi connectivity index (χ2v) is 10.3. The van der Waals surface area contributed by atoms with Gasteiger partial charge in [0, 0.05) is 55.2 Å². The molecule has 4 heterocycles. The van der Waals surface area contributed by atoms with Gasteiger partial charge in [-0.3, -0.25) is 14.8 Å². The van der Waals surface area contributed by atoms with Gasteiger partial charge in [0.2, 0.25) is 0 Å². The van der Waals surface area contributed by atoms with Crippen molar-refractivity contribution in [3.8, 4) is 0 Å². The number of rotatable bonds is 4. The second-order valence-electron chi connectivity index (χ2n) is 8.96. The van der Waals surface area contributed by atoms with Gasteiger partial charge in [-0.15, -0.1) is 11.3 Å². The van der Waals surface area contributed by atoms with Crippen molar-refractivity contribution in [3.05, 3.63) is 52.0 Å². The first-order valence-electron chi connectivity index (χ1n) is 11.7. The molecule has 0 amide bonds. The lowest BCUT2D eigenvalue weighted by Crippen LogP contribution is -2.56. The minimum atomic E-state index is -5.08. The standard InChI is InChI=1S/C20H27N3OS.2C2HF3O2/c1-17-5-6-19(25-17)15-22-10-7-20(8-11-22)16-23(12-13-24-20)14-18-4-2-3-9-21-18;2*3-2(4,5)1(6)7/h2-6,9H,7-8,10-16H2,1H3;2*(H,6,7). The molecule has 0 aliphatic carbocycles. The number of halogens is 6. The van der Waals surface area contributed by atoms with Crippen molar-refractivity contribution < 1.29 is 50.9 Å². The number of piperidine rings is 1. The Morgan fingerprint density at radius 3 is 2.00 bits per heavy atom. The number of ether oxygens (including phenoxy) is 1. The number of alkyl halides is 6. The highest BCUT2D eigenvalue weighted by Gasteiger charge is 2.40. The average Bonchev–Trinajstić information content (AvgIpc) is 3.25. The molecular weight excluding hydrogens is 556 g/mol. The zero-order chi connectivity index (χ0) is 29.3. The molecule has 2 aromatic heterocycles. The summed E-state index contributed by atoms with van der Waals surface area (Å²) in [6, 6.07) is 10.7. The van der Waals surface area contributed by atoms with Gasteiger partial charge in [0.1, 0.15) is 0 Å². The third kappa shape index (κ3) is 11.5. The van der Waals surface area contributed by atoms with E-state index in [-0.39, 0.29) is 5.60 Å². The van der Waals surface area contributed by atoms with E-state index in [0.717, 1.165) is 64.4 Å². The maximum absolute atomic E-state index is 10.6. The summed E-state index contributed by atoms with van der Waals surface area (Å²) in [5, 5.41) is 14.2. The molecule has 8 nitrogen and oxygen atoms in total. The number of aryl methyl sites for hydroxylation is 1. The van der Waals surface area contributed by atoms with Crippen LogP contribution < -0.4 is 0 Å². The normalized spacial score (nSPS) is 17.9. The summed E-state index contributed by atoms with van der Waals surface area (Å²) >= 11 is 1.92. The molecule has 1 spiro atoms. The summed E-state index contributed by atoms with van der Waals surface area (Å²) in [5.74, 6) is -5.51. The molecule has 39 heavy (non-hydrogen) atoms. The van der Waals surface area contributed by atoms with E-state index in [9.17, 15) is 26.3 Å². The Morgan fingerprint density at radius 2 is 1.54 bits per heavy atom. The van der Waals surface area contributed by atoms with Crippen molar-refractivity contribution in [1.82, 2.24) is 14.8 Å². The fourth-order valence-electron chi connectivity index (χ4n) is 3.99. The largest absolute Gasteiger partial charge is 0.490 e. The van der Waals surface area contributed by atoms with Gasteiger partial charge in [0.05, 0.1) is 17.9 Å². The van der Waals surface area contributed by atoms with Crippen molar-refractivity contribution in [2.24, 2.45) is 0 Å². The first kappa shape index (κ1) is 32.5. The van der Waals surface area contributed by atoms with Gasteiger partial charge >= 0.3 is 24.3 Å². The number of thiophene rings is 1. The lowest BCUT2D eigenvalue weighted by Gasteiger charge is -2.47. The Kier molecular flexibility index (Phi) is 11.7. The SMILES string of the molecule is Cc1ccc(CN2CCC3(CC2)CN(Cc2ccccn2)CCO3)s1.O=C(O)C(F)(F)F.O=C(O)C(F)(F)F. The maximum Gasteiger partial charge on any atom is 0.490 e. The summed E-state index contributed by atoms with van der Waals surface area (Å²) in [6.07, 6.45) is -6.01. The predicted octanol–water partition coefficient (Wildman–Crippen LogP) is 4.59. The van der Waals surface area contributed by atoms with Crippen LogP contribution >= 0.6 is 11.3 Å². The number of hydrogen-bond donors (Lipinski definition) is 2. The number of aromatic nitrogens is 1. The summed E-state index contributed by atoms with van der Waals surface area (Å²) in [7, 11) is 0. The molecule has 2 aliphatic rings. The van der Waals surface area contributed by atoms with Gasteiger partial charge < -0.3 is 14.9 Å². The van der Waals surface area contributed by atoms with Crippen molar-refractivity contribution in [3.63, 3.8) is 0 Å². The Morgan fingerprint density at radius 1 is 0.949 bits per heavy atom. The highest BCUT2D eigenvalue weighted by Crippen LogP contribution is 2.31. The number of likely N-dealkylation sites (tertiary alicyclic amines) is 1. The molecule has 2 saturated heterocycles. The molecule has 2 N–H and O–H groups in total. The van der Waals surface area contributed by atoms with Crippen molar-refractivity contribution >= 4 is 23.3 Å². The van der Waals surface area contributed by atoms with Crippen LogP contribution in [0.2, 0.25) is 0 Å². The molecule has 15 heteroatoms.